The molecule has 53 nitrogen and oxygen atoms in total. The summed E-state index contributed by atoms with van der Waals surface area (Å²) in [7, 11) is 0. The summed E-state index contributed by atoms with van der Waals surface area (Å²) in [6.45, 7) is -6.64. The van der Waals surface area contributed by atoms with Gasteiger partial charge in [-0.05, 0) is 0 Å². The first kappa shape index (κ1) is 98.4. The first-order valence-corrected chi connectivity index (χ1v) is 37.8. The lowest BCUT2D eigenvalue weighted by molar-refractivity contribution is -0.387. The minimum atomic E-state index is -2.43. The number of ether oxygens (including phenoxy) is 18. The maximum Gasteiger partial charge on any atom is 0.217 e. The Morgan fingerprint density at radius 2 is 0.538 bits per heavy atom. The number of carbonyl (C=O) groups is 5. The predicted octanol–water partition coefficient (Wildman–Crippen LogP) is -20.9. The molecule has 9 aliphatic heterocycles. The zero-order valence-electron chi connectivity index (χ0n) is 64.0. The summed E-state index contributed by atoms with van der Waals surface area (Å²) >= 11 is 0. The van der Waals surface area contributed by atoms with Crippen molar-refractivity contribution >= 4 is 30.0 Å². The van der Waals surface area contributed by atoms with Gasteiger partial charge in [0.25, 0.3) is 0 Å². The first-order chi connectivity index (χ1) is 56.4. The van der Waals surface area contributed by atoms with Gasteiger partial charge in [-0.1, -0.05) is 0 Å². The summed E-state index contributed by atoms with van der Waals surface area (Å²) in [6, 6.07) is -8.38. The molecule has 9 fully saturated rings. The van der Waals surface area contributed by atoms with Crippen LogP contribution in [-0.4, -0.2) is 513 Å². The van der Waals surface area contributed by atoms with Gasteiger partial charge in [-0.15, -0.1) is 0 Å². The Balaban J connectivity index is 0.932. The molecular weight excluding hydrogens is 1630 g/mol. The van der Waals surface area contributed by atoms with E-state index in [1.54, 1.807) is 0 Å². The van der Waals surface area contributed by atoms with Crippen LogP contribution in [0, 0.1) is 0 Å². The van der Waals surface area contributed by atoms with Crippen LogP contribution in [-0.2, 0) is 109 Å². The van der Waals surface area contributed by atoms with Crippen LogP contribution in [0.3, 0.4) is 0 Å². The van der Waals surface area contributed by atoms with Gasteiger partial charge in [0.05, 0.1) is 78.7 Å². The molecule has 0 aromatic heterocycles. The molecule has 119 heavy (non-hydrogen) atoms. The number of hydrogen-bond acceptors (Lipinski definition) is 48. The largest absolute Gasteiger partial charge is 0.394 e. The Morgan fingerprint density at radius 1 is 0.277 bits per heavy atom. The smallest absolute Gasteiger partial charge is 0.217 e. The highest BCUT2D eigenvalue weighted by atomic mass is 16.8. The van der Waals surface area contributed by atoms with Crippen LogP contribution in [0.5, 0.6) is 0 Å². The Kier molecular flexibility index (Phi) is 36.5. The fourth-order valence-electron chi connectivity index (χ4n) is 15.0. The molecule has 9 rings (SSSR count). The summed E-state index contributed by atoms with van der Waals surface area (Å²) in [6.07, 6.45) is -82.2. The van der Waals surface area contributed by atoms with E-state index >= 15 is 0 Å². The quantitative estimate of drug-likeness (QED) is 0.0262. The molecule has 9 heterocycles. The molecule has 9 saturated heterocycles. The fraction of sp³-hybridized carbons (Fsp3) is 0.924. The molecule has 5 amide bonds. The van der Waals surface area contributed by atoms with E-state index in [-0.39, 0.29) is 6.41 Å². The minimum absolute atomic E-state index is 0.249. The van der Waals surface area contributed by atoms with Crippen LogP contribution < -0.4 is 26.6 Å². The Bertz CT molecular complexity index is 3160. The maximum atomic E-state index is 13.1. The lowest BCUT2D eigenvalue weighted by Crippen LogP contribution is -2.70. The zero-order valence-corrected chi connectivity index (χ0v) is 64.0. The highest BCUT2D eigenvalue weighted by molar-refractivity contribution is 5.74. The van der Waals surface area contributed by atoms with Crippen LogP contribution >= 0.6 is 0 Å². The predicted molar refractivity (Wildman–Crippen MR) is 367 cm³/mol. The molecular formula is C66H111N5O48. The number of rotatable bonds is 35. The van der Waals surface area contributed by atoms with Crippen molar-refractivity contribution < 1.29 is 237 Å². The third-order valence-corrected chi connectivity index (χ3v) is 21.3. The molecule has 0 bridgehead atoms. The average molecular weight is 1740 g/mol. The number of carbonyl (C=O) groups excluding carboxylic acids is 5. The summed E-state index contributed by atoms with van der Waals surface area (Å²) in [4.78, 5) is 62.2. The molecule has 688 valence electrons. The van der Waals surface area contributed by atoms with Crippen molar-refractivity contribution in [3.8, 4) is 0 Å². The van der Waals surface area contributed by atoms with Crippen LogP contribution in [0.1, 0.15) is 27.7 Å². The van der Waals surface area contributed by atoms with Gasteiger partial charge in [-0.3, -0.25) is 24.0 Å². The third-order valence-electron chi connectivity index (χ3n) is 21.3. The van der Waals surface area contributed by atoms with Gasteiger partial charge in [0.1, 0.15) is 219 Å². The van der Waals surface area contributed by atoms with Gasteiger partial charge in [0, 0.05) is 27.7 Å². The van der Waals surface area contributed by atoms with Crippen LogP contribution in [0.2, 0.25) is 0 Å². The van der Waals surface area contributed by atoms with Gasteiger partial charge in [0.2, 0.25) is 30.0 Å². The van der Waals surface area contributed by atoms with E-state index in [0.717, 1.165) is 27.7 Å². The van der Waals surface area contributed by atoms with E-state index in [4.69, 9.17) is 85.3 Å². The molecule has 46 atom stereocenters. The minimum Gasteiger partial charge on any atom is -0.394 e. The van der Waals surface area contributed by atoms with Crippen LogP contribution in [0.4, 0.5) is 0 Å². The summed E-state index contributed by atoms with van der Waals surface area (Å²) in [5.74, 6) is -3.62. The van der Waals surface area contributed by atoms with E-state index < -0.39 is 378 Å². The molecule has 0 aliphatic carbocycles. The lowest BCUT2D eigenvalue weighted by atomic mass is 9.94. The van der Waals surface area contributed by atoms with Crippen molar-refractivity contribution in [3.05, 3.63) is 0 Å². The second kappa shape index (κ2) is 44.2. The number of nitrogens with one attached hydrogen (secondary N) is 5. The van der Waals surface area contributed by atoms with E-state index in [1.165, 1.54) is 0 Å². The number of aliphatic hydroxyl groups is 25. The lowest BCUT2D eigenvalue weighted by Gasteiger charge is -2.51. The SMILES string of the molecule is CC(=O)N[C@H]1[C@H](OC[C@H]2O[C@@H](O[C@H]3[C@H](O)[C@@H](NC(C)=O)[C@H](OC[C@H]4O[C@@H](O[C@H]5[C@H](O)[C@@H](NC(C)=O)[C@H](O[C@H]6[C@@H](O)[C@@H](CO)O[C@@H](O[C@H]7[C@H](O)[C@@H](O)[C@H](OC[C@@H](CO)NC=O)O[C@@H]7CO)[C@@H]6O)O[C@@H]5CO)[C@H](O)[C@@H](O[C@@H]5O[C@H](CO)[C@@H](O)[C@H](O)[C@H]5NC(C)=O)[C@H]4O)O[C@@H]3CO)[C@H](O)[C@@H](O)[C@H]2O)O[C@H](CO)[C@@H](O[C@@H]2O[C@H](CO)[C@H](O)[C@H](O)[C@H]2O)[C@@H]1O. The van der Waals surface area contributed by atoms with Crippen molar-refractivity contribution in [2.75, 3.05) is 72.7 Å². The van der Waals surface area contributed by atoms with Gasteiger partial charge < -0.3 is 240 Å². The van der Waals surface area contributed by atoms with E-state index in [1.807, 2.05) is 0 Å². The topological polar surface area (TPSA) is 817 Å². The van der Waals surface area contributed by atoms with Gasteiger partial charge in [0.15, 0.2) is 56.6 Å². The molecule has 9 aliphatic rings. The third kappa shape index (κ3) is 22.7. The Morgan fingerprint density at radius 3 is 0.899 bits per heavy atom. The Labute approximate surface area is 674 Å². The molecule has 0 aromatic rings. The van der Waals surface area contributed by atoms with Gasteiger partial charge in [-0.2, -0.15) is 0 Å². The van der Waals surface area contributed by atoms with Crippen molar-refractivity contribution in [1.29, 1.82) is 0 Å². The number of amides is 5. The van der Waals surface area contributed by atoms with E-state index in [9.17, 15) is 152 Å². The Hall–Kier alpha value is -4.37. The highest BCUT2D eigenvalue weighted by Crippen LogP contribution is 2.39. The van der Waals surface area contributed by atoms with Gasteiger partial charge >= 0.3 is 0 Å². The number of hydrogen-bond donors (Lipinski definition) is 30. The van der Waals surface area contributed by atoms with Crippen molar-refractivity contribution in [3.63, 3.8) is 0 Å². The first-order valence-electron chi connectivity index (χ1n) is 37.8. The second-order valence-corrected chi connectivity index (χ2v) is 29.7. The summed E-state index contributed by atoms with van der Waals surface area (Å²) < 4.78 is 105. The molecule has 0 radical (unpaired) electrons. The summed E-state index contributed by atoms with van der Waals surface area (Å²) in [5.41, 5.74) is 0. The molecule has 0 aromatic carbocycles. The van der Waals surface area contributed by atoms with Gasteiger partial charge in [-0.25, -0.2) is 0 Å². The van der Waals surface area contributed by atoms with Crippen molar-refractivity contribution in [1.82, 2.24) is 26.6 Å². The van der Waals surface area contributed by atoms with Crippen LogP contribution in [0.25, 0.3) is 0 Å². The maximum absolute atomic E-state index is 13.1. The van der Waals surface area contributed by atoms with Crippen molar-refractivity contribution in [2.45, 2.75) is 310 Å². The average Bonchev–Trinajstić information content (AvgIpc) is 0.773. The number of aliphatic hydroxyl groups excluding tert-OH is 25. The van der Waals surface area contributed by atoms with E-state index in [0.29, 0.717) is 0 Å². The monoisotopic (exact) mass is 1740 g/mol. The zero-order chi connectivity index (χ0) is 87.6. The molecule has 30 N–H and O–H groups in total. The van der Waals surface area contributed by atoms with E-state index in [2.05, 4.69) is 26.6 Å². The highest BCUT2D eigenvalue weighted by Gasteiger charge is 2.61. The fourth-order valence-corrected chi connectivity index (χ4v) is 15.0. The second-order valence-electron chi connectivity index (χ2n) is 29.7. The molecule has 0 unspecified atom stereocenters. The normalized spacial score (nSPS) is 46.9. The standard InChI is InChI=1S/C66H111N5O48/c1-17(81)68-31-40(90)35(85)22(6-73)105-60(31)119-57-39(89)30(113-66(51(57)101)116-54-27(11-78)110-61(34(43(54)93)71-20(4)84)118-56-38(88)24(8-75)107-65(50(56)100)117-55-28(12-79)111-62(49(99)46(55)96)102-13-21(5-72)67-16-80)15-104-59-33(70-19(3)83)42(92)53(26(10-77)109-59)115-64-48(98)45(95)37(87)29(112-64)14-103-58-32(69-18(2)82)41(91)52(25(9-76)108-58)114-63-47(97)44(94)36(86)23(7-74)106-63/h16,21-66,72-79,85-101H,5-15H2,1-4H3,(H,67,80)(H,68,81)(H,69,82)(H,70,83)(H,71,84)/t21-,22-,23-,24-,25-,26-,27-,28-,29-,30-,31-,32-,33-,34-,35-,36+,37+,38+,39+,40-,41-,42-,43-,44+,45+,46-,47-,48-,49-,50-,51-,52-,53-,54-,55-,56+,57+,58-,59-,60+,61+,62-,63+,64+,65+,66+/m1/s1. The van der Waals surface area contributed by atoms with Crippen molar-refractivity contribution in [2.24, 2.45) is 0 Å². The molecule has 0 spiro atoms. The molecule has 53 heteroatoms. The molecule has 0 saturated carbocycles. The van der Waals surface area contributed by atoms with Crippen LogP contribution in [0.15, 0.2) is 0 Å². The summed E-state index contributed by atoms with van der Waals surface area (Å²) in [5, 5.41) is 288.